The fourth-order valence-electron chi connectivity index (χ4n) is 4.50. The quantitative estimate of drug-likeness (QED) is 0.322. The van der Waals surface area contributed by atoms with Crippen LogP contribution < -0.4 is 4.57 Å². The summed E-state index contributed by atoms with van der Waals surface area (Å²) in [6, 6.07) is 25.1. The highest BCUT2D eigenvalue weighted by Gasteiger charge is 2.44. The van der Waals surface area contributed by atoms with Crippen molar-refractivity contribution in [2.75, 3.05) is 0 Å². The van der Waals surface area contributed by atoms with Gasteiger partial charge in [-0.3, -0.25) is 0 Å². The van der Waals surface area contributed by atoms with Crippen molar-refractivity contribution < 1.29 is 13.3 Å². The van der Waals surface area contributed by atoms with E-state index in [0.29, 0.717) is 17.9 Å². The molecule has 170 valence electrons. The second kappa shape index (κ2) is 8.14. The van der Waals surface area contributed by atoms with E-state index < -0.39 is 11.6 Å². The van der Waals surface area contributed by atoms with E-state index in [9.17, 15) is 14.0 Å². The molecule has 0 spiro atoms. The molecule has 2 aromatic heterocycles. The minimum absolute atomic E-state index is 0.108. The van der Waals surface area contributed by atoms with Gasteiger partial charge in [0.25, 0.3) is 0 Å². The summed E-state index contributed by atoms with van der Waals surface area (Å²) in [7, 11) is 0. The molecule has 4 nitrogen and oxygen atoms in total. The summed E-state index contributed by atoms with van der Waals surface area (Å²) < 4.78 is 29.8. The van der Waals surface area contributed by atoms with Crippen LogP contribution in [0.1, 0.15) is 24.0 Å². The Kier molecular flexibility index (Phi) is 4.93. The number of aromatic amines is 1. The average Bonchev–Trinajstić information content (AvgIpc) is 3.58. The SMILES string of the molecule is N#CC1(c2ccc(-c3ccc(C[n+]4ccc5nc(-c6cccc(F)c6F)[nH]c5c4)cc3)cc2)CC1. The molecule has 0 amide bonds. The van der Waals surface area contributed by atoms with Crippen LogP contribution in [0, 0.1) is 23.0 Å². The largest absolute Gasteiger partial charge is 0.333 e. The lowest BCUT2D eigenvalue weighted by atomic mass is 9.95. The Bertz CT molecular complexity index is 1590. The van der Waals surface area contributed by atoms with Gasteiger partial charge in [0.2, 0.25) is 0 Å². The first-order valence-corrected chi connectivity index (χ1v) is 11.5. The van der Waals surface area contributed by atoms with Crippen LogP contribution in [-0.4, -0.2) is 9.97 Å². The number of aromatic nitrogens is 3. The molecule has 0 atom stereocenters. The van der Waals surface area contributed by atoms with Crippen molar-refractivity contribution in [2.24, 2.45) is 0 Å². The molecule has 1 N–H and O–H groups in total. The average molecular weight is 464 g/mol. The molecule has 0 radical (unpaired) electrons. The third kappa shape index (κ3) is 3.85. The number of nitrogens with zero attached hydrogens (tertiary/aromatic N) is 3. The fourth-order valence-corrected chi connectivity index (χ4v) is 4.50. The minimum atomic E-state index is -0.911. The van der Waals surface area contributed by atoms with Crippen LogP contribution in [0.25, 0.3) is 33.5 Å². The highest BCUT2D eigenvalue weighted by Crippen LogP contribution is 2.47. The van der Waals surface area contributed by atoms with E-state index in [0.717, 1.165) is 46.7 Å². The van der Waals surface area contributed by atoms with Gasteiger partial charge in [0, 0.05) is 11.6 Å². The Morgan fingerprint density at radius 1 is 0.943 bits per heavy atom. The Balaban J connectivity index is 1.20. The number of nitriles is 1. The molecule has 3 aromatic carbocycles. The van der Waals surface area contributed by atoms with Crippen LogP contribution in [0.5, 0.6) is 0 Å². The summed E-state index contributed by atoms with van der Waals surface area (Å²) in [5.41, 5.74) is 5.76. The number of hydrogen-bond donors (Lipinski definition) is 1. The second-order valence-corrected chi connectivity index (χ2v) is 9.07. The van der Waals surface area contributed by atoms with Crippen LogP contribution >= 0.6 is 0 Å². The Hall–Kier alpha value is -4.37. The smallest absolute Gasteiger partial charge is 0.195 e. The molecule has 35 heavy (non-hydrogen) atoms. The van der Waals surface area contributed by atoms with Gasteiger partial charge in [0.1, 0.15) is 16.9 Å². The zero-order chi connectivity index (χ0) is 24.0. The van der Waals surface area contributed by atoms with E-state index in [1.807, 2.05) is 23.0 Å². The van der Waals surface area contributed by atoms with Crippen LogP contribution in [0.15, 0.2) is 85.2 Å². The third-order valence-electron chi connectivity index (χ3n) is 6.74. The van der Waals surface area contributed by atoms with E-state index in [-0.39, 0.29) is 11.0 Å². The van der Waals surface area contributed by atoms with Crippen LogP contribution in [0.2, 0.25) is 0 Å². The van der Waals surface area contributed by atoms with Crippen molar-refractivity contribution in [1.82, 2.24) is 9.97 Å². The maximum atomic E-state index is 14.2. The first kappa shape index (κ1) is 21.2. The van der Waals surface area contributed by atoms with E-state index in [2.05, 4.69) is 64.6 Å². The molecule has 0 unspecified atom stereocenters. The number of hydrogen-bond acceptors (Lipinski definition) is 2. The molecule has 1 aliphatic rings. The second-order valence-electron chi connectivity index (χ2n) is 9.07. The molecule has 2 heterocycles. The summed E-state index contributed by atoms with van der Waals surface area (Å²) in [4.78, 5) is 7.52. The summed E-state index contributed by atoms with van der Waals surface area (Å²) in [5, 5.41) is 9.39. The highest BCUT2D eigenvalue weighted by atomic mass is 19.2. The molecule has 1 fully saturated rings. The lowest BCUT2D eigenvalue weighted by Gasteiger charge is -2.08. The number of imidazole rings is 1. The normalized spacial score (nSPS) is 14.1. The summed E-state index contributed by atoms with van der Waals surface area (Å²) in [6.45, 7) is 0.655. The zero-order valence-electron chi connectivity index (χ0n) is 18.8. The van der Waals surface area contributed by atoms with Crippen molar-refractivity contribution >= 4 is 11.0 Å². The van der Waals surface area contributed by atoms with Gasteiger partial charge in [-0.15, -0.1) is 0 Å². The highest BCUT2D eigenvalue weighted by molar-refractivity contribution is 5.77. The Labute approximate surface area is 201 Å². The lowest BCUT2D eigenvalue weighted by molar-refractivity contribution is -0.687. The van der Waals surface area contributed by atoms with E-state index in [1.54, 1.807) is 0 Å². The van der Waals surface area contributed by atoms with Gasteiger partial charge >= 0.3 is 0 Å². The van der Waals surface area contributed by atoms with Gasteiger partial charge in [-0.1, -0.05) is 54.6 Å². The molecular formula is C29H21F2N4+. The minimum Gasteiger partial charge on any atom is -0.333 e. The topological polar surface area (TPSA) is 56.4 Å². The van der Waals surface area contributed by atoms with Crippen molar-refractivity contribution in [2.45, 2.75) is 24.8 Å². The molecule has 0 saturated heterocycles. The summed E-state index contributed by atoms with van der Waals surface area (Å²) in [6.07, 6.45) is 5.73. The fraction of sp³-hybridized carbons (Fsp3) is 0.138. The molecule has 6 heteroatoms. The number of pyridine rings is 1. The summed E-state index contributed by atoms with van der Waals surface area (Å²) in [5.74, 6) is -1.51. The van der Waals surface area contributed by atoms with E-state index in [4.69, 9.17) is 0 Å². The van der Waals surface area contributed by atoms with Gasteiger partial charge in [-0.05, 0) is 41.7 Å². The number of fused-ring (bicyclic) bond motifs is 1. The number of H-pyrrole nitrogens is 1. The first-order chi connectivity index (χ1) is 17.0. The van der Waals surface area contributed by atoms with Crippen molar-refractivity contribution in [3.8, 4) is 28.6 Å². The number of rotatable bonds is 5. The molecule has 1 aliphatic carbocycles. The Morgan fingerprint density at radius 2 is 1.66 bits per heavy atom. The van der Waals surface area contributed by atoms with Crippen molar-refractivity contribution in [3.63, 3.8) is 0 Å². The molecule has 1 saturated carbocycles. The van der Waals surface area contributed by atoms with Gasteiger partial charge in [-0.2, -0.15) is 9.83 Å². The van der Waals surface area contributed by atoms with Gasteiger partial charge in [-0.25, -0.2) is 13.8 Å². The maximum absolute atomic E-state index is 14.2. The summed E-state index contributed by atoms with van der Waals surface area (Å²) >= 11 is 0. The van der Waals surface area contributed by atoms with E-state index >= 15 is 0 Å². The predicted octanol–water partition coefficient (Wildman–Crippen LogP) is 6.07. The van der Waals surface area contributed by atoms with E-state index in [1.165, 1.54) is 12.1 Å². The van der Waals surface area contributed by atoms with Crippen molar-refractivity contribution in [3.05, 3.63) is 108 Å². The molecule has 0 bridgehead atoms. The van der Waals surface area contributed by atoms with Gasteiger partial charge in [0.05, 0.1) is 17.0 Å². The van der Waals surface area contributed by atoms with Crippen LogP contribution in [0.3, 0.4) is 0 Å². The first-order valence-electron chi connectivity index (χ1n) is 11.5. The maximum Gasteiger partial charge on any atom is 0.195 e. The van der Waals surface area contributed by atoms with Crippen LogP contribution in [0.4, 0.5) is 8.78 Å². The Morgan fingerprint density at radius 3 is 2.34 bits per heavy atom. The molecular weight excluding hydrogens is 442 g/mol. The molecule has 5 aromatic rings. The van der Waals surface area contributed by atoms with Crippen LogP contribution in [-0.2, 0) is 12.0 Å². The predicted molar refractivity (Wildman–Crippen MR) is 129 cm³/mol. The lowest BCUT2D eigenvalue weighted by Crippen LogP contribution is -2.33. The monoisotopic (exact) mass is 463 g/mol. The third-order valence-corrected chi connectivity index (χ3v) is 6.74. The number of benzene rings is 3. The van der Waals surface area contributed by atoms with Gasteiger partial charge < -0.3 is 4.98 Å². The van der Waals surface area contributed by atoms with Crippen molar-refractivity contribution in [1.29, 1.82) is 5.26 Å². The molecule has 6 rings (SSSR count). The number of halogens is 2. The zero-order valence-corrected chi connectivity index (χ0v) is 18.8. The standard InChI is InChI=1S/C29H20F2N4/c30-24-3-1-2-23(27(24)31)28-33-25-12-15-35(17-26(25)34-28)16-19-4-6-20(7-5-19)21-8-10-22(11-9-21)29(18-32)13-14-29/h1-12,15,17H,13-14,16H2/p+1. The van der Waals surface area contributed by atoms with Gasteiger partial charge in [0.15, 0.2) is 30.6 Å². The molecule has 0 aliphatic heterocycles. The number of nitrogens with one attached hydrogen (secondary N) is 1.